The normalized spacial score (nSPS) is 14.7. The molecule has 0 saturated carbocycles. The fraction of sp³-hybridized carbons (Fsp3) is 0.250. The number of hydrogen-bond acceptors (Lipinski definition) is 7. The molecule has 0 aliphatic carbocycles. The molecule has 0 saturated heterocycles. The van der Waals surface area contributed by atoms with Crippen molar-refractivity contribution in [2.45, 2.75) is 33.1 Å². The topological polar surface area (TPSA) is 93.0 Å². The van der Waals surface area contributed by atoms with Crippen LogP contribution in [0.1, 0.15) is 35.4 Å². The highest BCUT2D eigenvalue weighted by molar-refractivity contribution is 6.00. The number of nitrogens with zero attached hydrogens (tertiary/aromatic N) is 3. The Hall–Kier alpha value is -4.40. The molecule has 3 aromatic carbocycles. The smallest absolute Gasteiger partial charge is 0.312 e. The van der Waals surface area contributed by atoms with E-state index < -0.39 is 18.1 Å². The zero-order chi connectivity index (χ0) is 26.2. The molecule has 0 spiro atoms. The molecule has 0 radical (unpaired) electrons. The van der Waals surface area contributed by atoms with Gasteiger partial charge in [-0.25, -0.2) is 4.39 Å². The number of carboxylic acids is 1. The highest BCUT2D eigenvalue weighted by Crippen LogP contribution is 2.27. The summed E-state index contributed by atoms with van der Waals surface area (Å²) in [4.78, 5) is 24.2. The lowest BCUT2D eigenvalue weighted by Crippen LogP contribution is -2.30. The van der Waals surface area contributed by atoms with Gasteiger partial charge in [-0.2, -0.15) is 0 Å². The van der Waals surface area contributed by atoms with Crippen LogP contribution in [0.15, 0.2) is 83.1 Å². The van der Waals surface area contributed by atoms with Crippen molar-refractivity contribution < 1.29 is 28.7 Å². The molecule has 0 bridgehead atoms. The van der Waals surface area contributed by atoms with E-state index >= 15 is 0 Å². The predicted molar refractivity (Wildman–Crippen MR) is 136 cm³/mol. The van der Waals surface area contributed by atoms with Crippen LogP contribution in [0, 0.1) is 18.7 Å². The second kappa shape index (κ2) is 12.0. The van der Waals surface area contributed by atoms with Crippen molar-refractivity contribution in [1.82, 2.24) is 4.90 Å². The zero-order valence-corrected chi connectivity index (χ0v) is 20.6. The van der Waals surface area contributed by atoms with E-state index in [4.69, 9.17) is 14.4 Å². The van der Waals surface area contributed by atoms with Crippen molar-refractivity contribution in [2.24, 2.45) is 16.2 Å². The molecule has 8 nitrogen and oxygen atoms in total. The van der Waals surface area contributed by atoms with Crippen molar-refractivity contribution in [3.8, 4) is 5.75 Å². The molecule has 0 fully saturated rings. The molecule has 1 aliphatic rings. The molecule has 37 heavy (non-hydrogen) atoms. The van der Waals surface area contributed by atoms with Crippen molar-refractivity contribution in [3.63, 3.8) is 0 Å². The predicted octanol–water partition coefficient (Wildman–Crippen LogP) is 5.28. The lowest BCUT2D eigenvalue weighted by atomic mass is 9.95. The number of benzene rings is 3. The highest BCUT2D eigenvalue weighted by atomic mass is 19.1. The summed E-state index contributed by atoms with van der Waals surface area (Å²) in [6, 6.07) is 21.1. The molecule has 1 aliphatic heterocycles. The first kappa shape index (κ1) is 25.7. The van der Waals surface area contributed by atoms with Crippen molar-refractivity contribution in [2.75, 3.05) is 6.73 Å². The maximum Gasteiger partial charge on any atom is 0.312 e. The Balaban J connectivity index is 1.41. The summed E-state index contributed by atoms with van der Waals surface area (Å²) < 4.78 is 19.3. The van der Waals surface area contributed by atoms with Crippen molar-refractivity contribution in [1.29, 1.82) is 0 Å². The van der Waals surface area contributed by atoms with Gasteiger partial charge < -0.3 is 19.5 Å². The highest BCUT2D eigenvalue weighted by Gasteiger charge is 2.25. The van der Waals surface area contributed by atoms with Crippen LogP contribution in [0.4, 0.5) is 4.39 Å². The number of oxime groups is 2. The van der Waals surface area contributed by atoms with Gasteiger partial charge in [0.05, 0.1) is 5.71 Å². The maximum atomic E-state index is 13.0. The third kappa shape index (κ3) is 7.07. The largest absolute Gasteiger partial charge is 0.481 e. The Kier molecular flexibility index (Phi) is 8.35. The van der Waals surface area contributed by atoms with Gasteiger partial charge in [-0.15, -0.1) is 0 Å². The first-order valence-electron chi connectivity index (χ1n) is 11.8. The first-order valence-corrected chi connectivity index (χ1v) is 11.8. The zero-order valence-electron chi connectivity index (χ0n) is 20.6. The van der Waals surface area contributed by atoms with E-state index in [-0.39, 0.29) is 25.6 Å². The third-order valence-corrected chi connectivity index (χ3v) is 5.87. The number of rotatable bonds is 11. The van der Waals surface area contributed by atoms with Gasteiger partial charge in [0.15, 0.2) is 6.73 Å². The Bertz CT molecular complexity index is 1260. The summed E-state index contributed by atoms with van der Waals surface area (Å²) in [5.74, 6) is -1.58. The van der Waals surface area contributed by atoms with Crippen LogP contribution in [0.3, 0.4) is 0 Å². The van der Waals surface area contributed by atoms with Gasteiger partial charge in [-0.3, -0.25) is 9.69 Å². The molecule has 2 atom stereocenters. The molecule has 0 amide bonds. The van der Waals surface area contributed by atoms with Crippen LogP contribution in [-0.4, -0.2) is 34.8 Å². The minimum atomic E-state index is -1.00. The second-order valence-corrected chi connectivity index (χ2v) is 8.75. The molecular formula is C28H28FN3O5. The van der Waals surface area contributed by atoms with Gasteiger partial charge in [-0.1, -0.05) is 64.4 Å². The molecule has 1 heterocycles. The molecule has 3 aromatic rings. The van der Waals surface area contributed by atoms with Crippen LogP contribution >= 0.6 is 0 Å². The summed E-state index contributed by atoms with van der Waals surface area (Å²) in [6.07, 6.45) is 1.40. The molecule has 2 unspecified atom stereocenters. The van der Waals surface area contributed by atoms with Crippen molar-refractivity contribution in [3.05, 3.63) is 101 Å². The van der Waals surface area contributed by atoms with Gasteiger partial charge in [0.25, 0.3) is 0 Å². The Morgan fingerprint density at radius 1 is 1.14 bits per heavy atom. The van der Waals surface area contributed by atoms with Crippen LogP contribution in [-0.2, 0) is 27.5 Å². The average molecular weight is 506 g/mol. The lowest BCUT2D eigenvalue weighted by Gasteiger charge is -2.26. The standard InChI is InChI=1S/C28H28FN3O5/c1-19-4-3-5-23(14-19)27(32-17-30-36-18-32)37-25-12-8-21(9-13-25)15-26(28(33)34)20(2)31-35-16-22-6-10-24(29)11-7-22/h3-14,17,26-27H,15-16,18H2,1-2H3,(H,33,34)/b31-20+. The van der Waals surface area contributed by atoms with E-state index in [9.17, 15) is 14.3 Å². The Morgan fingerprint density at radius 3 is 2.51 bits per heavy atom. The van der Waals surface area contributed by atoms with Crippen LogP contribution in [0.2, 0.25) is 0 Å². The minimum absolute atomic E-state index is 0.116. The Morgan fingerprint density at radius 2 is 1.86 bits per heavy atom. The second-order valence-electron chi connectivity index (χ2n) is 8.75. The van der Waals surface area contributed by atoms with Gasteiger partial charge in [0, 0.05) is 5.56 Å². The van der Waals surface area contributed by atoms with Gasteiger partial charge in [0.1, 0.15) is 30.4 Å². The quantitative estimate of drug-likeness (QED) is 0.282. The number of aryl methyl sites for hydroxylation is 1. The van der Waals surface area contributed by atoms with Crippen LogP contribution < -0.4 is 4.74 Å². The van der Waals surface area contributed by atoms with Gasteiger partial charge in [-0.05, 0) is 55.7 Å². The summed E-state index contributed by atoms with van der Waals surface area (Å²) in [5, 5.41) is 17.6. The van der Waals surface area contributed by atoms with E-state index in [1.54, 1.807) is 25.4 Å². The SMILES string of the molecule is C/C(=N\OCc1ccc(F)cc1)C(Cc1ccc(OC(c2cccc(C)c2)N2C=NOC2)cc1)C(=O)O. The maximum absolute atomic E-state index is 13.0. The molecular weight excluding hydrogens is 477 g/mol. The number of aliphatic carboxylic acids is 1. The fourth-order valence-corrected chi connectivity index (χ4v) is 3.84. The number of ether oxygens (including phenoxy) is 1. The molecule has 1 N–H and O–H groups in total. The molecule has 4 rings (SSSR count). The molecule has 192 valence electrons. The lowest BCUT2D eigenvalue weighted by molar-refractivity contribution is -0.139. The monoisotopic (exact) mass is 505 g/mol. The summed E-state index contributed by atoms with van der Waals surface area (Å²) in [5.41, 5.74) is 3.95. The number of hydrogen-bond donors (Lipinski definition) is 1. The number of halogens is 1. The van der Waals surface area contributed by atoms with Gasteiger partial charge in [0.2, 0.25) is 6.23 Å². The van der Waals surface area contributed by atoms with E-state index in [0.29, 0.717) is 11.5 Å². The fourth-order valence-electron chi connectivity index (χ4n) is 3.84. The summed E-state index contributed by atoms with van der Waals surface area (Å²) in [7, 11) is 0. The average Bonchev–Trinajstić information content (AvgIpc) is 3.42. The van der Waals surface area contributed by atoms with Crippen molar-refractivity contribution >= 4 is 18.0 Å². The van der Waals surface area contributed by atoms with E-state index in [0.717, 1.165) is 22.3 Å². The van der Waals surface area contributed by atoms with Crippen LogP contribution in [0.25, 0.3) is 0 Å². The third-order valence-electron chi connectivity index (χ3n) is 5.87. The van der Waals surface area contributed by atoms with E-state index in [2.05, 4.69) is 10.3 Å². The minimum Gasteiger partial charge on any atom is -0.481 e. The van der Waals surface area contributed by atoms with E-state index in [1.807, 2.05) is 60.4 Å². The van der Waals surface area contributed by atoms with E-state index in [1.165, 1.54) is 12.1 Å². The summed E-state index contributed by atoms with van der Waals surface area (Å²) >= 11 is 0. The molecule has 9 heteroatoms. The first-order chi connectivity index (χ1) is 17.9. The molecule has 0 aromatic heterocycles. The summed E-state index contributed by atoms with van der Waals surface area (Å²) in [6.45, 7) is 4.03. The Labute approximate surface area is 214 Å². The number of carbonyl (C=O) groups is 1. The number of carboxylic acid groups (broad SMARTS) is 1. The van der Waals surface area contributed by atoms with Crippen LogP contribution in [0.5, 0.6) is 5.75 Å². The van der Waals surface area contributed by atoms with Gasteiger partial charge >= 0.3 is 5.97 Å².